The summed E-state index contributed by atoms with van der Waals surface area (Å²) in [5, 5.41) is 0. The molecule has 10 heteroatoms. The number of epoxide rings is 1. The van der Waals surface area contributed by atoms with Gasteiger partial charge in [-0.05, 0) is 77.0 Å². The average molecular weight is 711 g/mol. The van der Waals surface area contributed by atoms with Crippen LogP contribution in [0.5, 0.6) is 0 Å². The van der Waals surface area contributed by atoms with E-state index in [1.165, 1.54) is 51.4 Å². The molecule has 2 N–H and O–H groups in total. The first-order valence-electron chi connectivity index (χ1n) is 19.1. The average Bonchev–Trinajstić information content (AvgIpc) is 3.82. The van der Waals surface area contributed by atoms with E-state index in [0.717, 1.165) is 57.8 Å². The third-order valence-corrected chi connectivity index (χ3v) is 8.71. The molecule has 282 valence electrons. The summed E-state index contributed by atoms with van der Waals surface area (Å²) < 4.78 is 32.0. The molecule has 0 bridgehead atoms. The maximum absolute atomic E-state index is 12.4. The Labute approximate surface area is 297 Å². The smallest absolute Gasteiger partial charge is 0.462 e. The van der Waals surface area contributed by atoms with Crippen LogP contribution in [0.4, 0.5) is 0 Å². The monoisotopic (exact) mass is 710 g/mol. The van der Waals surface area contributed by atoms with E-state index in [4.69, 9.17) is 24.0 Å². The quantitative estimate of drug-likeness (QED) is 0.0224. The minimum atomic E-state index is -4.77. The number of carbonyl (C=O) groups is 2. The maximum atomic E-state index is 12.4. The van der Waals surface area contributed by atoms with Gasteiger partial charge < -0.3 is 24.0 Å². The number of esters is 2. The molecule has 1 aliphatic rings. The van der Waals surface area contributed by atoms with Crippen molar-refractivity contribution >= 4 is 19.8 Å². The highest BCUT2D eigenvalue weighted by Crippen LogP contribution is 2.36. The zero-order valence-electron chi connectivity index (χ0n) is 30.5. The molecule has 1 rings (SSSR count). The third-order valence-electron chi connectivity index (χ3n) is 8.22. The summed E-state index contributed by atoms with van der Waals surface area (Å²) in [6.45, 7) is 3.56. The summed E-state index contributed by atoms with van der Waals surface area (Å²) >= 11 is 0. The van der Waals surface area contributed by atoms with Gasteiger partial charge in [-0.2, -0.15) is 0 Å². The molecule has 1 heterocycles. The zero-order chi connectivity index (χ0) is 35.8. The van der Waals surface area contributed by atoms with E-state index in [2.05, 4.69) is 60.9 Å². The molecule has 1 saturated heterocycles. The predicted molar refractivity (Wildman–Crippen MR) is 197 cm³/mol. The van der Waals surface area contributed by atoms with E-state index in [0.29, 0.717) is 31.5 Å². The van der Waals surface area contributed by atoms with Crippen LogP contribution in [0.15, 0.2) is 48.6 Å². The molecule has 3 atom stereocenters. The highest BCUT2D eigenvalue weighted by atomic mass is 31.2. The highest BCUT2D eigenvalue weighted by Gasteiger charge is 2.36. The standard InChI is InChI=1S/C39H67O9P/c1-3-5-7-9-11-12-13-14-15-16-19-23-27-31-38(40)45-33-35(34-46-49(42,43)44)47-39(41)32-28-24-20-17-18-22-26-30-37-36(48-37)29-25-21-10-8-6-4-2/h12-13,17,20-22,25-26,35-37H,3-11,14-16,18-19,23-24,27-34H2,1-2H3,(H2,42,43,44)/b13-12-,20-17-,25-21-,26-22-/t35-,36?,37?/m1/s1. The minimum absolute atomic E-state index is 0.128. The molecule has 0 aromatic carbocycles. The number of unbranched alkanes of at least 4 members (excludes halogenated alkanes) is 13. The van der Waals surface area contributed by atoms with Crippen molar-refractivity contribution in [3.05, 3.63) is 48.6 Å². The molecule has 0 saturated carbocycles. The van der Waals surface area contributed by atoms with Gasteiger partial charge in [0.25, 0.3) is 0 Å². The van der Waals surface area contributed by atoms with Crippen molar-refractivity contribution in [1.82, 2.24) is 0 Å². The lowest BCUT2D eigenvalue weighted by Gasteiger charge is -2.18. The second kappa shape index (κ2) is 30.8. The number of allylic oxidation sites excluding steroid dienone is 6. The summed E-state index contributed by atoms with van der Waals surface area (Å²) in [5.74, 6) is -0.970. The fraction of sp³-hybridized carbons (Fsp3) is 0.744. The van der Waals surface area contributed by atoms with Gasteiger partial charge in [0.15, 0.2) is 6.10 Å². The molecule has 0 spiro atoms. The number of phosphoric ester groups is 1. The lowest BCUT2D eigenvalue weighted by Crippen LogP contribution is -2.29. The van der Waals surface area contributed by atoms with Gasteiger partial charge in [-0.15, -0.1) is 0 Å². The summed E-state index contributed by atoms with van der Waals surface area (Å²) in [7, 11) is -4.77. The second-order valence-corrected chi connectivity index (χ2v) is 14.2. The Morgan fingerprint density at radius 2 is 1.12 bits per heavy atom. The largest absolute Gasteiger partial charge is 0.469 e. The molecular weight excluding hydrogens is 643 g/mol. The number of hydrogen-bond donors (Lipinski definition) is 2. The fourth-order valence-electron chi connectivity index (χ4n) is 5.22. The van der Waals surface area contributed by atoms with Crippen LogP contribution in [0.3, 0.4) is 0 Å². The van der Waals surface area contributed by atoms with Gasteiger partial charge in [-0.3, -0.25) is 14.1 Å². The van der Waals surface area contributed by atoms with Crippen molar-refractivity contribution in [2.75, 3.05) is 13.2 Å². The Kier molecular flexibility index (Phi) is 28.2. The van der Waals surface area contributed by atoms with E-state index in [1.54, 1.807) is 0 Å². The molecule has 0 amide bonds. The summed E-state index contributed by atoms with van der Waals surface area (Å²) in [4.78, 5) is 42.7. The molecule has 1 aliphatic heterocycles. The lowest BCUT2D eigenvalue weighted by molar-refractivity contribution is -0.161. The Morgan fingerprint density at radius 1 is 0.633 bits per heavy atom. The molecule has 0 radical (unpaired) electrons. The topological polar surface area (TPSA) is 132 Å². The maximum Gasteiger partial charge on any atom is 0.469 e. The fourth-order valence-corrected chi connectivity index (χ4v) is 5.58. The first-order chi connectivity index (χ1) is 23.7. The van der Waals surface area contributed by atoms with E-state index in [1.807, 2.05) is 6.08 Å². The van der Waals surface area contributed by atoms with Crippen molar-refractivity contribution < 1.29 is 42.7 Å². The molecule has 0 aromatic rings. The summed E-state index contributed by atoms with van der Waals surface area (Å²) in [6, 6.07) is 0. The normalized spacial score (nSPS) is 17.1. The van der Waals surface area contributed by atoms with Gasteiger partial charge in [0.2, 0.25) is 0 Å². The lowest BCUT2D eigenvalue weighted by atomic mass is 10.1. The Hall–Kier alpha value is -2.03. The van der Waals surface area contributed by atoms with Crippen LogP contribution in [0.1, 0.15) is 155 Å². The third kappa shape index (κ3) is 30.5. The molecule has 49 heavy (non-hydrogen) atoms. The van der Waals surface area contributed by atoms with Crippen LogP contribution in [0.2, 0.25) is 0 Å². The number of hydrogen-bond acceptors (Lipinski definition) is 7. The van der Waals surface area contributed by atoms with Crippen molar-refractivity contribution in [2.24, 2.45) is 0 Å². The van der Waals surface area contributed by atoms with E-state index >= 15 is 0 Å². The van der Waals surface area contributed by atoms with Crippen LogP contribution in [0, 0.1) is 0 Å². The molecule has 9 nitrogen and oxygen atoms in total. The van der Waals surface area contributed by atoms with Gasteiger partial charge in [0.05, 0.1) is 18.8 Å². The first-order valence-corrected chi connectivity index (χ1v) is 20.6. The Morgan fingerprint density at radius 3 is 1.80 bits per heavy atom. The minimum Gasteiger partial charge on any atom is -0.462 e. The molecule has 1 fully saturated rings. The zero-order valence-corrected chi connectivity index (χ0v) is 31.4. The van der Waals surface area contributed by atoms with Crippen LogP contribution in [-0.2, 0) is 32.9 Å². The summed E-state index contributed by atoms with van der Waals surface area (Å²) in [6.07, 6.45) is 38.7. The van der Waals surface area contributed by atoms with Gasteiger partial charge in [0.1, 0.15) is 6.61 Å². The van der Waals surface area contributed by atoms with Crippen LogP contribution in [0.25, 0.3) is 0 Å². The van der Waals surface area contributed by atoms with Gasteiger partial charge in [-0.25, -0.2) is 4.57 Å². The highest BCUT2D eigenvalue weighted by molar-refractivity contribution is 7.46. The molecule has 0 aliphatic carbocycles. The van der Waals surface area contributed by atoms with Gasteiger partial charge >= 0.3 is 19.8 Å². The van der Waals surface area contributed by atoms with E-state index < -0.39 is 32.5 Å². The van der Waals surface area contributed by atoms with Crippen molar-refractivity contribution in [2.45, 2.75) is 173 Å². The number of rotatable bonds is 33. The van der Waals surface area contributed by atoms with Crippen molar-refractivity contribution in [1.29, 1.82) is 0 Å². The van der Waals surface area contributed by atoms with Crippen LogP contribution in [-0.4, -0.2) is 53.3 Å². The molecule has 2 unspecified atom stereocenters. The van der Waals surface area contributed by atoms with Crippen molar-refractivity contribution in [3.63, 3.8) is 0 Å². The second-order valence-electron chi connectivity index (χ2n) is 12.9. The SMILES string of the molecule is CCCCC/C=C\CC1OC1C/C=C\C/C=C\CCCC(=O)O[C@H](COC(=O)CCCCCCC/C=C\CCCCCC)COP(=O)(O)O. The first kappa shape index (κ1) is 45.0. The Balaban J connectivity index is 2.15. The number of phosphoric acid groups is 1. The van der Waals surface area contributed by atoms with E-state index in [9.17, 15) is 14.2 Å². The summed E-state index contributed by atoms with van der Waals surface area (Å²) in [5.41, 5.74) is 0. The molecular formula is C39H67O9P. The van der Waals surface area contributed by atoms with Gasteiger partial charge in [0, 0.05) is 12.8 Å². The molecule has 0 aromatic heterocycles. The number of carbonyl (C=O) groups excluding carboxylic acids is 2. The number of ether oxygens (including phenoxy) is 3. The van der Waals surface area contributed by atoms with Crippen LogP contribution < -0.4 is 0 Å². The Bertz CT molecular complexity index is 1000. The van der Waals surface area contributed by atoms with Gasteiger partial charge in [-0.1, -0.05) is 114 Å². The van der Waals surface area contributed by atoms with E-state index in [-0.39, 0.29) is 19.4 Å². The van der Waals surface area contributed by atoms with Crippen molar-refractivity contribution in [3.8, 4) is 0 Å². The predicted octanol–water partition coefficient (Wildman–Crippen LogP) is 10.2. The van der Waals surface area contributed by atoms with Crippen LogP contribution >= 0.6 is 7.82 Å².